The maximum Gasteiger partial charge on any atom is 0.124 e. The first-order valence-electron chi connectivity index (χ1n) is 8.47. The van der Waals surface area contributed by atoms with Gasteiger partial charge in [0.2, 0.25) is 0 Å². The summed E-state index contributed by atoms with van der Waals surface area (Å²) in [5.41, 5.74) is 4.34. The van der Waals surface area contributed by atoms with Gasteiger partial charge in [0.25, 0.3) is 0 Å². The van der Waals surface area contributed by atoms with Crippen molar-refractivity contribution in [3.05, 3.63) is 65.2 Å². The van der Waals surface area contributed by atoms with Crippen molar-refractivity contribution in [3.63, 3.8) is 0 Å². The zero-order valence-corrected chi connectivity index (χ0v) is 12.9. The highest BCUT2D eigenvalue weighted by Gasteiger charge is 2.26. The zero-order valence-electron chi connectivity index (χ0n) is 12.9. The Morgan fingerprint density at radius 3 is 2.55 bits per heavy atom. The van der Waals surface area contributed by atoms with Crippen molar-refractivity contribution in [2.24, 2.45) is 0 Å². The van der Waals surface area contributed by atoms with Gasteiger partial charge in [-0.1, -0.05) is 48.9 Å². The molecule has 0 aromatic heterocycles. The summed E-state index contributed by atoms with van der Waals surface area (Å²) in [5, 5.41) is 3.93. The summed E-state index contributed by atoms with van der Waals surface area (Å²) in [4.78, 5) is 0. The van der Waals surface area contributed by atoms with Crippen LogP contribution in [0.25, 0.3) is 0 Å². The topological polar surface area (TPSA) is 21.3 Å². The second-order valence-electron chi connectivity index (χ2n) is 6.39. The van der Waals surface area contributed by atoms with Gasteiger partial charge >= 0.3 is 0 Å². The predicted molar refractivity (Wildman–Crippen MR) is 89.2 cm³/mol. The Balaban J connectivity index is 1.62. The van der Waals surface area contributed by atoms with Crippen LogP contribution in [0.2, 0.25) is 0 Å². The fourth-order valence-corrected chi connectivity index (χ4v) is 3.85. The van der Waals surface area contributed by atoms with Gasteiger partial charge in [-0.25, -0.2) is 0 Å². The third-order valence-corrected chi connectivity index (χ3v) is 4.98. The van der Waals surface area contributed by atoms with E-state index >= 15 is 0 Å². The molecule has 1 aliphatic carbocycles. The Kier molecular flexibility index (Phi) is 3.86. The molecule has 1 aliphatic heterocycles. The van der Waals surface area contributed by atoms with Crippen LogP contribution in [-0.4, -0.2) is 6.61 Å². The number of benzene rings is 2. The minimum absolute atomic E-state index is 0.404. The molecule has 2 aromatic rings. The minimum Gasteiger partial charge on any atom is -0.493 e. The van der Waals surface area contributed by atoms with E-state index in [1.54, 1.807) is 0 Å². The smallest absolute Gasteiger partial charge is 0.124 e. The summed E-state index contributed by atoms with van der Waals surface area (Å²) in [6.07, 6.45) is 6.11. The van der Waals surface area contributed by atoms with Crippen molar-refractivity contribution in [3.8, 4) is 5.75 Å². The molecule has 2 nitrogen and oxygen atoms in total. The summed E-state index contributed by atoms with van der Waals surface area (Å²) in [6, 6.07) is 18.3. The normalized spacial score (nSPS) is 23.8. The van der Waals surface area contributed by atoms with E-state index in [-0.39, 0.29) is 0 Å². The first-order valence-corrected chi connectivity index (χ1v) is 8.47. The van der Waals surface area contributed by atoms with Gasteiger partial charge in [0.1, 0.15) is 5.75 Å². The monoisotopic (exact) mass is 293 g/mol. The molecule has 0 saturated carbocycles. The lowest BCUT2D eigenvalue weighted by molar-refractivity contribution is 0.242. The van der Waals surface area contributed by atoms with Crippen LogP contribution in [0.3, 0.4) is 0 Å². The van der Waals surface area contributed by atoms with E-state index < -0.39 is 0 Å². The third kappa shape index (κ3) is 2.64. The summed E-state index contributed by atoms with van der Waals surface area (Å²) in [7, 11) is 0. The number of rotatable bonds is 2. The van der Waals surface area contributed by atoms with Crippen molar-refractivity contribution < 1.29 is 4.74 Å². The highest BCUT2D eigenvalue weighted by atomic mass is 16.5. The van der Waals surface area contributed by atoms with Gasteiger partial charge in [0.15, 0.2) is 0 Å². The standard InChI is InChI=1S/C20H23NO/c1-3-9-16-15(7-1)8-2-5-11-18(16)21-19-13-14-22-20-12-6-4-10-17(19)20/h1,3-4,6-7,9-10,12,18-19,21H,2,5,8,11,13-14H2. The molecule has 2 aromatic carbocycles. The van der Waals surface area contributed by atoms with Crippen molar-refractivity contribution >= 4 is 0 Å². The van der Waals surface area contributed by atoms with Crippen molar-refractivity contribution in [2.45, 2.75) is 44.2 Å². The molecule has 2 heteroatoms. The molecule has 0 radical (unpaired) electrons. The molecule has 0 bridgehead atoms. The molecule has 4 rings (SSSR count). The van der Waals surface area contributed by atoms with Crippen LogP contribution in [0.5, 0.6) is 5.75 Å². The maximum absolute atomic E-state index is 5.80. The third-order valence-electron chi connectivity index (χ3n) is 4.98. The van der Waals surface area contributed by atoms with E-state index in [1.807, 2.05) is 0 Å². The highest BCUT2D eigenvalue weighted by Crippen LogP contribution is 2.36. The van der Waals surface area contributed by atoms with Gasteiger partial charge in [-0.3, -0.25) is 0 Å². The lowest BCUT2D eigenvalue weighted by Gasteiger charge is -2.31. The average Bonchev–Trinajstić information content (AvgIpc) is 2.78. The Morgan fingerprint density at radius 2 is 1.59 bits per heavy atom. The second kappa shape index (κ2) is 6.13. The minimum atomic E-state index is 0.404. The van der Waals surface area contributed by atoms with Gasteiger partial charge in [0, 0.05) is 24.1 Å². The van der Waals surface area contributed by atoms with Gasteiger partial charge in [-0.05, 0) is 36.5 Å². The molecule has 0 fully saturated rings. The van der Waals surface area contributed by atoms with E-state index in [0.717, 1.165) is 18.8 Å². The summed E-state index contributed by atoms with van der Waals surface area (Å²) in [5.74, 6) is 1.05. The first-order chi connectivity index (χ1) is 10.9. The summed E-state index contributed by atoms with van der Waals surface area (Å²) in [6.45, 7) is 0.809. The molecule has 1 heterocycles. The van der Waals surface area contributed by atoms with Gasteiger partial charge in [-0.15, -0.1) is 0 Å². The highest BCUT2D eigenvalue weighted by molar-refractivity contribution is 5.38. The van der Waals surface area contributed by atoms with E-state index in [0.29, 0.717) is 12.1 Å². The van der Waals surface area contributed by atoms with E-state index in [4.69, 9.17) is 4.74 Å². The molecule has 0 amide bonds. The van der Waals surface area contributed by atoms with Gasteiger partial charge in [-0.2, -0.15) is 0 Å². The predicted octanol–water partition coefficient (Wildman–Crippen LogP) is 4.57. The van der Waals surface area contributed by atoms with E-state index in [9.17, 15) is 0 Å². The Labute approximate surface area is 132 Å². The number of aryl methyl sites for hydroxylation is 1. The van der Waals surface area contributed by atoms with Crippen LogP contribution >= 0.6 is 0 Å². The lowest BCUT2D eigenvalue weighted by atomic mass is 9.95. The number of ether oxygens (including phenoxy) is 1. The van der Waals surface area contributed by atoms with E-state index in [2.05, 4.69) is 53.8 Å². The van der Waals surface area contributed by atoms with E-state index in [1.165, 1.54) is 42.4 Å². The summed E-state index contributed by atoms with van der Waals surface area (Å²) >= 11 is 0. The van der Waals surface area contributed by atoms with Crippen molar-refractivity contribution in [2.75, 3.05) is 6.61 Å². The Hall–Kier alpha value is -1.80. The molecule has 114 valence electrons. The van der Waals surface area contributed by atoms with Crippen LogP contribution in [0.15, 0.2) is 48.5 Å². The number of fused-ring (bicyclic) bond motifs is 2. The molecule has 2 atom stereocenters. The number of hydrogen-bond donors (Lipinski definition) is 1. The number of hydrogen-bond acceptors (Lipinski definition) is 2. The van der Waals surface area contributed by atoms with Crippen molar-refractivity contribution in [1.82, 2.24) is 5.32 Å². The molecule has 0 spiro atoms. The van der Waals surface area contributed by atoms with Crippen LogP contribution in [0, 0.1) is 0 Å². The molecule has 0 saturated heterocycles. The number of para-hydroxylation sites is 1. The van der Waals surface area contributed by atoms with Gasteiger partial charge < -0.3 is 10.1 Å². The van der Waals surface area contributed by atoms with Crippen LogP contribution in [0.4, 0.5) is 0 Å². The molecular formula is C20H23NO. The SMILES string of the molecule is c1ccc2c(c1)CCCCC2NC1CCOc2ccccc21. The molecular weight excluding hydrogens is 270 g/mol. The first kappa shape index (κ1) is 13.8. The average molecular weight is 293 g/mol. The second-order valence-corrected chi connectivity index (χ2v) is 6.39. The molecule has 2 unspecified atom stereocenters. The molecule has 1 N–H and O–H groups in total. The maximum atomic E-state index is 5.80. The summed E-state index contributed by atoms with van der Waals surface area (Å²) < 4.78 is 5.80. The fourth-order valence-electron chi connectivity index (χ4n) is 3.85. The van der Waals surface area contributed by atoms with Crippen molar-refractivity contribution in [1.29, 1.82) is 0 Å². The zero-order chi connectivity index (χ0) is 14.8. The van der Waals surface area contributed by atoms with Gasteiger partial charge in [0.05, 0.1) is 6.61 Å². The number of nitrogens with one attached hydrogen (secondary N) is 1. The Morgan fingerprint density at radius 1 is 0.818 bits per heavy atom. The Bertz CT molecular complexity index is 652. The van der Waals surface area contributed by atoms with Crippen LogP contribution in [-0.2, 0) is 6.42 Å². The van der Waals surface area contributed by atoms with Crippen LogP contribution in [0.1, 0.15) is 54.5 Å². The lowest BCUT2D eigenvalue weighted by Crippen LogP contribution is -2.30. The largest absolute Gasteiger partial charge is 0.493 e. The fraction of sp³-hybridized carbons (Fsp3) is 0.400. The quantitative estimate of drug-likeness (QED) is 0.819. The van der Waals surface area contributed by atoms with Crippen LogP contribution < -0.4 is 10.1 Å². The molecule has 22 heavy (non-hydrogen) atoms. The molecule has 2 aliphatic rings.